The van der Waals surface area contributed by atoms with E-state index in [1.807, 2.05) is 0 Å². The summed E-state index contributed by atoms with van der Waals surface area (Å²) < 4.78 is 41.0. The van der Waals surface area contributed by atoms with Gasteiger partial charge in [0, 0.05) is 62.3 Å². The van der Waals surface area contributed by atoms with Crippen LogP contribution >= 0.6 is 0 Å². The lowest BCUT2D eigenvalue weighted by Crippen LogP contribution is -2.56. The summed E-state index contributed by atoms with van der Waals surface area (Å²) in [6.07, 6.45) is -7.71. The molecular formula is C61H101F3N12O13. The van der Waals surface area contributed by atoms with E-state index in [4.69, 9.17) is 28.7 Å². The Kier molecular flexibility index (Phi) is 35.8. The quantitative estimate of drug-likeness (QED) is 0.0440. The summed E-state index contributed by atoms with van der Waals surface area (Å²) in [5.74, 6) is -13.6. The summed E-state index contributed by atoms with van der Waals surface area (Å²) in [6, 6.07) is -5.37. The van der Waals surface area contributed by atoms with Gasteiger partial charge in [0.1, 0.15) is 30.0 Å². The molecular weight excluding hydrogens is 1170 g/mol. The van der Waals surface area contributed by atoms with Crippen LogP contribution in [0.2, 0.25) is 0 Å². The Balaban J connectivity index is 2.74. The average molecular weight is 1270 g/mol. The Morgan fingerprint density at radius 1 is 0.640 bits per heavy atom. The molecule has 0 saturated carbocycles. The fourth-order valence-corrected chi connectivity index (χ4v) is 10.4. The summed E-state index contributed by atoms with van der Waals surface area (Å²) in [5, 5.41) is 39.6. The number of unbranched alkanes of at least 4 members (excludes halogenated alkanes) is 1. The van der Waals surface area contributed by atoms with Crippen LogP contribution in [0.3, 0.4) is 0 Å². The second-order valence-electron chi connectivity index (χ2n) is 24.0. The summed E-state index contributed by atoms with van der Waals surface area (Å²) in [5.41, 5.74) is 28.7. The van der Waals surface area contributed by atoms with Crippen molar-refractivity contribution < 1.29 is 76.1 Å². The molecule has 1 heterocycles. The van der Waals surface area contributed by atoms with Crippen LogP contribution in [0.5, 0.6) is 0 Å². The van der Waals surface area contributed by atoms with Gasteiger partial charge in [-0.05, 0) is 134 Å². The molecule has 0 radical (unpaired) electrons. The predicted molar refractivity (Wildman–Crippen MR) is 326 cm³/mol. The maximum atomic E-state index is 14.6. The first-order valence-corrected chi connectivity index (χ1v) is 31.2. The Bertz CT molecular complexity index is 2470. The van der Waals surface area contributed by atoms with Crippen molar-refractivity contribution >= 4 is 64.5 Å². The molecule has 25 nitrogen and oxygen atoms in total. The lowest BCUT2D eigenvalue weighted by molar-refractivity contribution is -0.137. The molecule has 0 spiro atoms. The number of alkyl halides is 3. The first-order valence-electron chi connectivity index (χ1n) is 31.2. The number of benzene rings is 1. The summed E-state index contributed by atoms with van der Waals surface area (Å²) in [4.78, 5) is 155. The summed E-state index contributed by atoms with van der Waals surface area (Å²) in [6.45, 7) is 8.97. The number of ketones is 4. The summed E-state index contributed by atoms with van der Waals surface area (Å²) >= 11 is 0. The van der Waals surface area contributed by atoms with Crippen molar-refractivity contribution in [2.45, 2.75) is 205 Å². The Morgan fingerprint density at radius 2 is 1.18 bits per heavy atom. The number of hydrogen-bond acceptors (Lipinski definition) is 18. The highest BCUT2D eigenvalue weighted by atomic mass is 19.4. The van der Waals surface area contributed by atoms with Crippen LogP contribution < -0.4 is 65.9 Å². The number of amides is 7. The normalized spacial score (nSPS) is 22.9. The molecule has 504 valence electrons. The second kappa shape index (κ2) is 40.4. The van der Waals surface area contributed by atoms with Crippen LogP contribution in [0, 0.1) is 35.5 Å². The highest BCUT2D eigenvalue weighted by molar-refractivity contribution is 5.99. The number of aliphatic hydroxyl groups excluding tert-OH is 2. The molecule has 1 aromatic carbocycles. The third-order valence-corrected chi connectivity index (χ3v) is 15.9. The van der Waals surface area contributed by atoms with E-state index in [0.717, 1.165) is 43.5 Å². The molecule has 2 rings (SSSR count). The van der Waals surface area contributed by atoms with E-state index in [0.29, 0.717) is 12.3 Å². The smallest absolute Gasteiger partial charge is 0.391 e. The Morgan fingerprint density at radius 3 is 1.70 bits per heavy atom. The molecule has 0 aliphatic carbocycles. The van der Waals surface area contributed by atoms with Crippen LogP contribution in [-0.4, -0.2) is 162 Å². The lowest BCUT2D eigenvalue weighted by Gasteiger charge is -2.28. The molecule has 1 aromatic rings. The van der Waals surface area contributed by atoms with E-state index in [1.54, 1.807) is 13.8 Å². The van der Waals surface area contributed by atoms with E-state index >= 15 is 0 Å². The highest BCUT2D eigenvalue weighted by Crippen LogP contribution is 2.30. The largest absolute Gasteiger partial charge is 0.416 e. The molecule has 1 aliphatic heterocycles. The molecule has 19 N–H and O–H groups in total. The Labute approximate surface area is 520 Å². The van der Waals surface area contributed by atoms with E-state index in [-0.39, 0.29) is 108 Å². The fraction of sp³-hybridized carbons (Fsp3) is 0.721. The van der Waals surface area contributed by atoms with Crippen molar-refractivity contribution in [2.75, 3.05) is 39.3 Å². The molecule has 28 heteroatoms. The number of rotatable bonds is 31. The number of halogens is 3. The van der Waals surface area contributed by atoms with Crippen LogP contribution in [0.15, 0.2) is 24.3 Å². The van der Waals surface area contributed by atoms with Gasteiger partial charge in [-0.25, -0.2) is 0 Å². The minimum Gasteiger partial charge on any atom is -0.391 e. The number of Topliss-reactive ketones (excluding diaryl/α,β-unsaturated/α-hetero) is 4. The van der Waals surface area contributed by atoms with Gasteiger partial charge >= 0.3 is 6.18 Å². The highest BCUT2D eigenvalue weighted by Gasteiger charge is 2.38. The predicted octanol–water partition coefficient (Wildman–Crippen LogP) is 0.136. The molecule has 0 unspecified atom stereocenters. The van der Waals surface area contributed by atoms with E-state index in [2.05, 4.69) is 51.1 Å². The SMILES string of the molecule is CC[C@H](C)CCCCC(=O)C[C@@H](CCN)C(=O)N[C@H](C(=O)C[C@@H](CCN)C(=O)N[C@H]1CCNC(=O)[C@H]([C@@H](C)O)NC(=O)[C@H](CCN)CC(=O)[C@H](CCN)NC(=O)[C@H](CC(C)C)NC(=O)[C@@H](Cc2ccc(C(F)(F)F)cc2)CC(=O)[C@H](CCN)NC1=O)[C@@H](C)O. The van der Waals surface area contributed by atoms with Gasteiger partial charge in [-0.2, -0.15) is 13.2 Å². The minimum atomic E-state index is -4.72. The van der Waals surface area contributed by atoms with Gasteiger partial charge in [0.25, 0.3) is 0 Å². The number of carbonyl (C=O) groups excluding carboxylic acids is 11. The molecule has 7 amide bonds. The van der Waals surface area contributed by atoms with Crippen molar-refractivity contribution in [3.63, 3.8) is 0 Å². The van der Waals surface area contributed by atoms with E-state index in [9.17, 15) is 76.1 Å². The zero-order valence-corrected chi connectivity index (χ0v) is 52.6. The van der Waals surface area contributed by atoms with Gasteiger partial charge in [-0.3, -0.25) is 52.7 Å². The topological polar surface area (TPSA) is 443 Å². The van der Waals surface area contributed by atoms with Gasteiger partial charge in [-0.1, -0.05) is 59.1 Å². The third-order valence-electron chi connectivity index (χ3n) is 15.9. The molecule has 1 aliphatic rings. The molecule has 0 aromatic heterocycles. The fourth-order valence-electron chi connectivity index (χ4n) is 10.4. The summed E-state index contributed by atoms with van der Waals surface area (Å²) in [7, 11) is 0. The first-order chi connectivity index (χ1) is 41.9. The van der Waals surface area contributed by atoms with Gasteiger partial charge in [0.2, 0.25) is 41.4 Å². The number of aliphatic hydroxyl groups is 2. The van der Waals surface area contributed by atoms with Crippen LogP contribution in [0.4, 0.5) is 13.2 Å². The first kappa shape index (κ1) is 78.8. The van der Waals surface area contributed by atoms with Crippen molar-refractivity contribution in [1.29, 1.82) is 0 Å². The van der Waals surface area contributed by atoms with E-state index in [1.165, 1.54) is 13.8 Å². The van der Waals surface area contributed by atoms with Crippen LogP contribution in [0.25, 0.3) is 0 Å². The third kappa shape index (κ3) is 28.2. The number of carbonyl (C=O) groups is 11. The van der Waals surface area contributed by atoms with E-state index < -0.39 is 175 Å². The molecule has 13 atom stereocenters. The van der Waals surface area contributed by atoms with Gasteiger partial charge < -0.3 is 76.1 Å². The van der Waals surface area contributed by atoms with Gasteiger partial charge in [0.15, 0.2) is 17.3 Å². The van der Waals surface area contributed by atoms with Gasteiger partial charge in [0.05, 0.1) is 29.9 Å². The zero-order chi connectivity index (χ0) is 67.1. The average Bonchev–Trinajstić information content (AvgIpc) is 3.43. The number of nitrogens with two attached hydrogens (primary N) is 5. The van der Waals surface area contributed by atoms with Crippen LogP contribution in [0.1, 0.15) is 155 Å². The maximum absolute atomic E-state index is 14.6. The molecule has 1 saturated heterocycles. The molecule has 89 heavy (non-hydrogen) atoms. The molecule has 1 fully saturated rings. The standard InChI is InChI=1S/C61H101F3N12O13/c1-7-35(4)10-8-9-11-44(79)30-39(16-22-65)55(84)75-52(36(5)77)51(82)32-41(18-24-67)54(83)73-47-21-27-70-60(89)53(37(6)78)76-56(85)40(17-23-66)31-49(80)45(19-25-68)72-59(88)48(28-34(2)3)74-57(86)42(33-50(81)46(20-26-69)71-58(47)87)29-38-12-14-43(15-13-38)61(62,63)64/h12-15,34-37,39-42,45-48,52-53,77-78H,7-11,16-33,65-69H2,1-6H3,(H,70,89)(H,71,87)(H,72,88)(H,73,83)(H,74,86)(H,75,84)(H,76,85)/t35-,36+,37+,39+,40+,41+,42-,45-,46-,47-,48-,52-,53-/m0/s1. The zero-order valence-electron chi connectivity index (χ0n) is 52.6. The Hall–Kier alpha value is -6.30. The van der Waals surface area contributed by atoms with Gasteiger partial charge in [-0.15, -0.1) is 0 Å². The monoisotopic (exact) mass is 1270 g/mol. The molecule has 0 bridgehead atoms. The van der Waals surface area contributed by atoms with Crippen LogP contribution in [-0.2, 0) is 65.3 Å². The van der Waals surface area contributed by atoms with Crippen molar-refractivity contribution in [3.05, 3.63) is 35.4 Å². The van der Waals surface area contributed by atoms with Crippen molar-refractivity contribution in [3.8, 4) is 0 Å². The number of hydrogen-bond donors (Lipinski definition) is 14. The minimum absolute atomic E-state index is 0.0296. The van der Waals surface area contributed by atoms with Crippen molar-refractivity contribution in [1.82, 2.24) is 37.2 Å². The second-order valence-corrected chi connectivity index (χ2v) is 24.0. The number of nitrogens with one attached hydrogen (secondary N) is 7. The maximum Gasteiger partial charge on any atom is 0.416 e. The van der Waals surface area contributed by atoms with Crippen molar-refractivity contribution in [2.24, 2.45) is 64.2 Å². The lowest BCUT2D eigenvalue weighted by atomic mass is 9.89.